The lowest BCUT2D eigenvalue weighted by Gasteiger charge is -2.28. The zero-order chi connectivity index (χ0) is 13.3. The highest BCUT2D eigenvalue weighted by atomic mass is 35.5. The molecule has 0 radical (unpaired) electrons. The number of hydrogen-bond donors (Lipinski definition) is 1. The third-order valence-electron chi connectivity index (χ3n) is 3.49. The van der Waals surface area contributed by atoms with Crippen LogP contribution in [0.5, 0.6) is 0 Å². The van der Waals surface area contributed by atoms with Crippen LogP contribution in [-0.4, -0.2) is 20.0 Å². The van der Waals surface area contributed by atoms with Crippen LogP contribution in [0, 0.1) is 0 Å². The molecule has 4 heteroatoms. The summed E-state index contributed by atoms with van der Waals surface area (Å²) in [4.78, 5) is 12.4. The number of halogens is 1. The van der Waals surface area contributed by atoms with E-state index in [1.807, 2.05) is 12.1 Å². The Morgan fingerprint density at radius 3 is 2.50 bits per heavy atom. The van der Waals surface area contributed by atoms with Crippen molar-refractivity contribution in [1.29, 1.82) is 0 Å². The minimum Gasteiger partial charge on any atom is -0.349 e. The molecule has 2 rings (SSSR count). The topological polar surface area (TPSA) is 29.1 Å². The van der Waals surface area contributed by atoms with Gasteiger partial charge in [-0.1, -0.05) is 43.4 Å². The van der Waals surface area contributed by atoms with E-state index in [-0.39, 0.29) is 5.91 Å². The maximum Gasteiger partial charge on any atom is 0.252 e. The van der Waals surface area contributed by atoms with E-state index < -0.39 is 8.07 Å². The van der Waals surface area contributed by atoms with Gasteiger partial charge in [-0.05, 0) is 30.5 Å². The first kappa shape index (κ1) is 13.6. The van der Waals surface area contributed by atoms with Gasteiger partial charge in [0.15, 0.2) is 0 Å². The van der Waals surface area contributed by atoms with Crippen molar-refractivity contribution in [2.45, 2.75) is 44.9 Å². The molecular weight excluding hydrogens is 262 g/mol. The molecule has 0 aliphatic heterocycles. The molecule has 1 fully saturated rings. The van der Waals surface area contributed by atoms with Crippen molar-refractivity contribution in [2.75, 3.05) is 0 Å². The normalized spacial score (nSPS) is 16.2. The summed E-state index contributed by atoms with van der Waals surface area (Å²) in [6, 6.07) is 6.15. The Balaban J connectivity index is 2.32. The van der Waals surface area contributed by atoms with Crippen molar-refractivity contribution in [2.24, 2.45) is 0 Å². The predicted molar refractivity (Wildman–Crippen MR) is 79.5 cm³/mol. The first-order chi connectivity index (χ1) is 8.39. The molecule has 0 aromatic heterocycles. The second-order valence-electron chi connectivity index (χ2n) is 6.01. The van der Waals surface area contributed by atoms with E-state index in [1.165, 1.54) is 6.42 Å². The second kappa shape index (κ2) is 5.06. The number of amides is 1. The zero-order valence-electron chi connectivity index (χ0n) is 11.2. The van der Waals surface area contributed by atoms with Crippen molar-refractivity contribution < 1.29 is 4.79 Å². The molecule has 1 N–H and O–H groups in total. The van der Waals surface area contributed by atoms with Crippen molar-refractivity contribution in [3.05, 3.63) is 28.8 Å². The van der Waals surface area contributed by atoms with Crippen LogP contribution >= 0.6 is 11.6 Å². The van der Waals surface area contributed by atoms with Crippen LogP contribution in [-0.2, 0) is 0 Å². The molecule has 0 bridgehead atoms. The fraction of sp³-hybridized carbons (Fsp3) is 0.500. The summed E-state index contributed by atoms with van der Waals surface area (Å²) in [6.45, 7) is 6.70. The van der Waals surface area contributed by atoms with Gasteiger partial charge in [0, 0.05) is 6.04 Å². The average molecular weight is 282 g/mol. The van der Waals surface area contributed by atoms with Gasteiger partial charge in [0.05, 0.1) is 18.7 Å². The summed E-state index contributed by atoms with van der Waals surface area (Å²) >= 11 is 6.24. The van der Waals surface area contributed by atoms with Crippen LogP contribution in [0.15, 0.2) is 18.2 Å². The molecule has 0 unspecified atom stereocenters. The van der Waals surface area contributed by atoms with Gasteiger partial charge in [0.25, 0.3) is 5.91 Å². The summed E-state index contributed by atoms with van der Waals surface area (Å²) in [5, 5.41) is 4.81. The number of carbonyl (C=O) groups excluding carboxylic acids is 1. The maximum absolute atomic E-state index is 12.4. The quantitative estimate of drug-likeness (QED) is 0.847. The lowest BCUT2D eigenvalue weighted by atomic mass is 9.93. The SMILES string of the molecule is C[Si](C)(C)c1cccc(Cl)c1C(=O)NC1CCC1. The van der Waals surface area contributed by atoms with Gasteiger partial charge in [-0.2, -0.15) is 0 Å². The van der Waals surface area contributed by atoms with Gasteiger partial charge in [-0.15, -0.1) is 0 Å². The van der Waals surface area contributed by atoms with E-state index in [0.717, 1.165) is 18.0 Å². The standard InChI is InChI=1S/C14H20ClNOSi/c1-18(2,3)12-9-5-8-11(15)13(12)14(17)16-10-6-4-7-10/h5,8-10H,4,6-7H2,1-3H3,(H,16,17). The number of nitrogens with one attached hydrogen (secondary N) is 1. The molecule has 0 heterocycles. The van der Waals surface area contributed by atoms with Crippen LogP contribution in [0.3, 0.4) is 0 Å². The Morgan fingerprint density at radius 2 is 2.00 bits per heavy atom. The lowest BCUT2D eigenvalue weighted by Crippen LogP contribution is -2.46. The highest BCUT2D eigenvalue weighted by Gasteiger charge is 2.27. The van der Waals surface area contributed by atoms with Gasteiger partial charge in [0.1, 0.15) is 0 Å². The van der Waals surface area contributed by atoms with Gasteiger partial charge in [-0.3, -0.25) is 4.79 Å². The van der Waals surface area contributed by atoms with Crippen molar-refractivity contribution >= 4 is 30.8 Å². The summed E-state index contributed by atoms with van der Waals surface area (Å²) in [5.41, 5.74) is 0.699. The van der Waals surface area contributed by atoms with Crippen LogP contribution in [0.1, 0.15) is 29.6 Å². The minimum absolute atomic E-state index is 0.00252. The molecule has 1 aliphatic carbocycles. The Kier molecular flexibility index (Phi) is 3.83. The summed E-state index contributed by atoms with van der Waals surface area (Å²) in [7, 11) is -1.56. The molecule has 0 atom stereocenters. The van der Waals surface area contributed by atoms with E-state index in [2.05, 4.69) is 25.0 Å². The third kappa shape index (κ3) is 2.78. The van der Waals surface area contributed by atoms with Crippen LogP contribution in [0.25, 0.3) is 0 Å². The first-order valence-electron chi connectivity index (χ1n) is 6.49. The number of carbonyl (C=O) groups is 1. The van der Waals surface area contributed by atoms with Crippen LogP contribution in [0.2, 0.25) is 24.7 Å². The second-order valence-corrected chi connectivity index (χ2v) is 11.5. The molecule has 1 aromatic rings. The van der Waals surface area contributed by atoms with Gasteiger partial charge in [0.2, 0.25) is 0 Å². The molecule has 1 saturated carbocycles. The Bertz CT molecular complexity index is 463. The van der Waals surface area contributed by atoms with E-state index >= 15 is 0 Å². The highest BCUT2D eigenvalue weighted by Crippen LogP contribution is 2.21. The van der Waals surface area contributed by atoms with Crippen LogP contribution < -0.4 is 10.5 Å². The Labute approximate surface area is 115 Å². The first-order valence-corrected chi connectivity index (χ1v) is 10.4. The fourth-order valence-corrected chi connectivity index (χ4v) is 4.12. The Morgan fingerprint density at radius 1 is 1.33 bits per heavy atom. The van der Waals surface area contributed by atoms with Crippen molar-refractivity contribution in [3.8, 4) is 0 Å². The molecular formula is C14H20ClNOSi. The van der Waals surface area contributed by atoms with Crippen LogP contribution in [0.4, 0.5) is 0 Å². The van der Waals surface area contributed by atoms with Crippen molar-refractivity contribution in [3.63, 3.8) is 0 Å². The van der Waals surface area contributed by atoms with Gasteiger partial charge >= 0.3 is 0 Å². The number of rotatable bonds is 3. The molecule has 98 valence electrons. The number of hydrogen-bond acceptors (Lipinski definition) is 1. The van der Waals surface area contributed by atoms with Crippen molar-refractivity contribution in [1.82, 2.24) is 5.32 Å². The summed E-state index contributed by atoms with van der Waals surface area (Å²) < 4.78 is 0. The smallest absolute Gasteiger partial charge is 0.252 e. The molecule has 18 heavy (non-hydrogen) atoms. The largest absolute Gasteiger partial charge is 0.349 e. The van der Waals surface area contributed by atoms with E-state index in [9.17, 15) is 4.79 Å². The fourth-order valence-electron chi connectivity index (χ4n) is 2.19. The zero-order valence-corrected chi connectivity index (χ0v) is 13.0. The number of benzene rings is 1. The van der Waals surface area contributed by atoms with Gasteiger partial charge in [-0.25, -0.2) is 0 Å². The summed E-state index contributed by atoms with van der Waals surface area (Å²) in [6.07, 6.45) is 3.41. The predicted octanol–water partition coefficient (Wildman–Crippen LogP) is 3.17. The highest BCUT2D eigenvalue weighted by molar-refractivity contribution is 6.89. The van der Waals surface area contributed by atoms with E-state index in [4.69, 9.17) is 11.6 Å². The Hall–Kier alpha value is -0.803. The average Bonchev–Trinajstić information content (AvgIpc) is 2.21. The molecule has 0 spiro atoms. The molecule has 1 aliphatic rings. The van der Waals surface area contributed by atoms with E-state index in [0.29, 0.717) is 16.6 Å². The van der Waals surface area contributed by atoms with E-state index in [1.54, 1.807) is 6.07 Å². The molecule has 1 aromatic carbocycles. The molecule has 2 nitrogen and oxygen atoms in total. The molecule has 0 saturated heterocycles. The summed E-state index contributed by atoms with van der Waals surface area (Å²) in [5.74, 6) is 0.00252. The van der Waals surface area contributed by atoms with Gasteiger partial charge < -0.3 is 5.32 Å². The maximum atomic E-state index is 12.4. The monoisotopic (exact) mass is 281 g/mol. The lowest BCUT2D eigenvalue weighted by molar-refractivity contribution is 0.0918. The minimum atomic E-state index is -1.56. The molecule has 1 amide bonds. The third-order valence-corrected chi connectivity index (χ3v) is 5.84.